The molecule has 0 atom stereocenters. The lowest BCUT2D eigenvalue weighted by atomic mass is 9.92. The van der Waals surface area contributed by atoms with Gasteiger partial charge in [-0.1, -0.05) is 32.6 Å². The van der Waals surface area contributed by atoms with Crippen molar-refractivity contribution in [2.75, 3.05) is 0 Å². The molecule has 1 saturated carbocycles. The number of rotatable bonds is 3. The van der Waals surface area contributed by atoms with Crippen molar-refractivity contribution in [2.24, 2.45) is 5.73 Å². The molecule has 0 unspecified atom stereocenters. The third kappa shape index (κ3) is 3.44. The van der Waals surface area contributed by atoms with Crippen LogP contribution in [0, 0.1) is 0 Å². The summed E-state index contributed by atoms with van der Waals surface area (Å²) >= 11 is 0. The number of unbranched alkanes of at least 4 members (excludes halogenated alkanes) is 1. The van der Waals surface area contributed by atoms with E-state index in [-0.39, 0.29) is 17.9 Å². The molecule has 0 spiro atoms. The summed E-state index contributed by atoms with van der Waals surface area (Å²) in [6, 6.07) is 0. The first kappa shape index (κ1) is 11.2. The SMILES string of the molecule is CCCCC1(N)CCCC1.Cl. The highest BCUT2D eigenvalue weighted by Crippen LogP contribution is 2.31. The second kappa shape index (κ2) is 5.00. The Morgan fingerprint density at radius 1 is 1.27 bits per heavy atom. The fraction of sp³-hybridized carbons (Fsp3) is 1.00. The number of nitrogens with two attached hydrogens (primary N) is 1. The highest BCUT2D eigenvalue weighted by molar-refractivity contribution is 5.85. The zero-order chi connectivity index (χ0) is 7.45. The third-order valence-corrected chi connectivity index (χ3v) is 2.63. The van der Waals surface area contributed by atoms with E-state index in [0.717, 1.165) is 0 Å². The van der Waals surface area contributed by atoms with Crippen LogP contribution in [0.25, 0.3) is 0 Å². The van der Waals surface area contributed by atoms with Crippen molar-refractivity contribution < 1.29 is 0 Å². The Kier molecular flexibility index (Phi) is 5.11. The number of hydrogen-bond acceptors (Lipinski definition) is 1. The van der Waals surface area contributed by atoms with Crippen LogP contribution in [0.4, 0.5) is 0 Å². The molecule has 2 heteroatoms. The monoisotopic (exact) mass is 177 g/mol. The van der Waals surface area contributed by atoms with Crippen molar-refractivity contribution in [1.29, 1.82) is 0 Å². The summed E-state index contributed by atoms with van der Waals surface area (Å²) in [6.45, 7) is 2.23. The van der Waals surface area contributed by atoms with E-state index in [2.05, 4.69) is 6.92 Å². The van der Waals surface area contributed by atoms with Gasteiger partial charge in [-0.15, -0.1) is 12.4 Å². The van der Waals surface area contributed by atoms with E-state index < -0.39 is 0 Å². The molecule has 0 radical (unpaired) electrons. The topological polar surface area (TPSA) is 26.0 Å². The van der Waals surface area contributed by atoms with Gasteiger partial charge in [0.15, 0.2) is 0 Å². The van der Waals surface area contributed by atoms with Crippen molar-refractivity contribution in [3.05, 3.63) is 0 Å². The minimum absolute atomic E-state index is 0. The molecule has 11 heavy (non-hydrogen) atoms. The van der Waals surface area contributed by atoms with E-state index in [0.29, 0.717) is 0 Å². The Labute approximate surface area is 76.1 Å². The summed E-state index contributed by atoms with van der Waals surface area (Å²) in [6.07, 6.45) is 9.12. The van der Waals surface area contributed by atoms with Gasteiger partial charge in [0.25, 0.3) is 0 Å². The lowest BCUT2D eigenvalue weighted by Gasteiger charge is -2.22. The molecule has 0 saturated heterocycles. The third-order valence-electron chi connectivity index (χ3n) is 2.63. The van der Waals surface area contributed by atoms with Gasteiger partial charge in [0.1, 0.15) is 0 Å². The van der Waals surface area contributed by atoms with Crippen LogP contribution in [-0.4, -0.2) is 5.54 Å². The van der Waals surface area contributed by atoms with Gasteiger partial charge in [-0.25, -0.2) is 0 Å². The van der Waals surface area contributed by atoms with E-state index in [9.17, 15) is 0 Å². The molecule has 2 N–H and O–H groups in total. The standard InChI is InChI=1S/C9H19N.ClH/c1-2-3-6-9(10)7-4-5-8-9;/h2-8,10H2,1H3;1H. The van der Waals surface area contributed by atoms with E-state index in [1.54, 1.807) is 0 Å². The maximum Gasteiger partial charge on any atom is 0.0154 e. The molecule has 1 aliphatic carbocycles. The molecule has 1 nitrogen and oxygen atoms in total. The van der Waals surface area contributed by atoms with Gasteiger partial charge < -0.3 is 5.73 Å². The zero-order valence-corrected chi connectivity index (χ0v) is 8.25. The summed E-state index contributed by atoms with van der Waals surface area (Å²) < 4.78 is 0. The molecule has 0 aromatic rings. The predicted molar refractivity (Wildman–Crippen MR) is 52.2 cm³/mol. The van der Waals surface area contributed by atoms with Crippen LogP contribution in [0.5, 0.6) is 0 Å². The van der Waals surface area contributed by atoms with Gasteiger partial charge in [-0.05, 0) is 19.3 Å². The minimum atomic E-state index is 0. The van der Waals surface area contributed by atoms with Crippen LogP contribution in [0.15, 0.2) is 0 Å². The Hall–Kier alpha value is 0.250. The Morgan fingerprint density at radius 2 is 1.82 bits per heavy atom. The van der Waals surface area contributed by atoms with Crippen LogP contribution in [0.2, 0.25) is 0 Å². The molecule has 1 aliphatic rings. The van der Waals surface area contributed by atoms with Gasteiger partial charge in [0.05, 0.1) is 0 Å². The highest BCUT2D eigenvalue weighted by Gasteiger charge is 2.27. The Morgan fingerprint density at radius 3 is 2.27 bits per heavy atom. The van der Waals surface area contributed by atoms with Crippen molar-refractivity contribution >= 4 is 12.4 Å². The fourth-order valence-electron chi connectivity index (χ4n) is 1.86. The molecule has 1 fully saturated rings. The largest absolute Gasteiger partial charge is 0.325 e. The van der Waals surface area contributed by atoms with Gasteiger partial charge in [-0.2, -0.15) is 0 Å². The first-order valence-corrected chi connectivity index (χ1v) is 4.56. The molecule has 0 aromatic carbocycles. The molecular weight excluding hydrogens is 158 g/mol. The van der Waals surface area contributed by atoms with Crippen LogP contribution in [0.1, 0.15) is 51.9 Å². The molecule has 68 valence electrons. The van der Waals surface area contributed by atoms with Crippen molar-refractivity contribution in [1.82, 2.24) is 0 Å². The molecule has 0 aromatic heterocycles. The van der Waals surface area contributed by atoms with Crippen LogP contribution >= 0.6 is 12.4 Å². The molecule has 1 rings (SSSR count). The highest BCUT2D eigenvalue weighted by atomic mass is 35.5. The lowest BCUT2D eigenvalue weighted by molar-refractivity contribution is 0.391. The minimum Gasteiger partial charge on any atom is -0.325 e. The van der Waals surface area contributed by atoms with Crippen molar-refractivity contribution in [3.63, 3.8) is 0 Å². The van der Waals surface area contributed by atoms with E-state index in [4.69, 9.17) is 5.73 Å². The molecule has 0 bridgehead atoms. The summed E-state index contributed by atoms with van der Waals surface area (Å²) in [5.41, 5.74) is 6.39. The van der Waals surface area contributed by atoms with Gasteiger partial charge >= 0.3 is 0 Å². The zero-order valence-electron chi connectivity index (χ0n) is 7.44. The molecular formula is C9H20ClN. The number of hydrogen-bond donors (Lipinski definition) is 1. The maximum atomic E-state index is 6.15. The van der Waals surface area contributed by atoms with E-state index in [1.165, 1.54) is 44.9 Å². The van der Waals surface area contributed by atoms with Crippen LogP contribution in [0.3, 0.4) is 0 Å². The van der Waals surface area contributed by atoms with Crippen LogP contribution < -0.4 is 5.73 Å². The fourth-order valence-corrected chi connectivity index (χ4v) is 1.86. The second-order valence-corrected chi connectivity index (χ2v) is 3.67. The first-order valence-electron chi connectivity index (χ1n) is 4.56. The molecule has 0 amide bonds. The lowest BCUT2D eigenvalue weighted by Crippen LogP contribution is -2.35. The van der Waals surface area contributed by atoms with Crippen molar-refractivity contribution in [3.8, 4) is 0 Å². The van der Waals surface area contributed by atoms with Crippen LogP contribution in [-0.2, 0) is 0 Å². The number of halogens is 1. The Bertz CT molecular complexity index is 97.7. The average Bonchev–Trinajstić information content (AvgIpc) is 2.33. The quantitative estimate of drug-likeness (QED) is 0.705. The summed E-state index contributed by atoms with van der Waals surface area (Å²) in [7, 11) is 0. The Balaban J connectivity index is 0.000001000. The smallest absolute Gasteiger partial charge is 0.0154 e. The average molecular weight is 178 g/mol. The van der Waals surface area contributed by atoms with Gasteiger partial charge in [0.2, 0.25) is 0 Å². The predicted octanol–water partition coefficient (Wildman–Crippen LogP) is 2.87. The first-order chi connectivity index (χ1) is 4.77. The summed E-state index contributed by atoms with van der Waals surface area (Å²) in [4.78, 5) is 0. The normalized spacial score (nSPS) is 21.3. The molecule has 0 aliphatic heterocycles. The van der Waals surface area contributed by atoms with Gasteiger partial charge in [-0.3, -0.25) is 0 Å². The maximum absolute atomic E-state index is 6.15. The summed E-state index contributed by atoms with van der Waals surface area (Å²) in [5.74, 6) is 0. The molecule has 0 heterocycles. The van der Waals surface area contributed by atoms with E-state index >= 15 is 0 Å². The van der Waals surface area contributed by atoms with Gasteiger partial charge in [0, 0.05) is 5.54 Å². The van der Waals surface area contributed by atoms with E-state index in [1.807, 2.05) is 0 Å². The van der Waals surface area contributed by atoms with Crippen molar-refractivity contribution in [2.45, 2.75) is 57.4 Å². The second-order valence-electron chi connectivity index (χ2n) is 3.67. The summed E-state index contributed by atoms with van der Waals surface area (Å²) in [5, 5.41) is 0.